The van der Waals surface area contributed by atoms with E-state index in [-0.39, 0.29) is 0 Å². The van der Waals surface area contributed by atoms with Crippen LogP contribution in [0.15, 0.2) is 193 Å². The molecule has 0 unspecified atom stereocenters. The highest BCUT2D eigenvalue weighted by Crippen LogP contribution is 2.43. The fraction of sp³-hybridized carbons (Fsp3) is 0.0196. The Morgan fingerprint density at radius 3 is 1.64 bits per heavy atom. The minimum absolute atomic E-state index is 0.909. The average molecular weight is 678 g/mol. The topological polar surface area (TPSA) is 16.4 Å². The summed E-state index contributed by atoms with van der Waals surface area (Å²) in [6, 6.07) is 65.4. The van der Waals surface area contributed by atoms with Gasteiger partial charge in [-0.3, -0.25) is 0 Å². The van der Waals surface area contributed by atoms with Crippen molar-refractivity contribution in [1.82, 2.24) is 0 Å². The zero-order valence-corrected chi connectivity index (χ0v) is 29.2. The Balaban J connectivity index is 1.03. The maximum atomic E-state index is 6.39. The van der Waals surface area contributed by atoms with Crippen molar-refractivity contribution < 1.29 is 4.42 Å². The Kier molecular flexibility index (Phi) is 7.40. The van der Waals surface area contributed by atoms with Crippen LogP contribution in [0.4, 0.5) is 17.1 Å². The van der Waals surface area contributed by atoms with Crippen LogP contribution in [0.3, 0.4) is 0 Å². The average Bonchev–Trinajstić information content (AvgIpc) is 3.81. The predicted octanol–water partition coefficient (Wildman–Crippen LogP) is 14.3. The summed E-state index contributed by atoms with van der Waals surface area (Å²) in [5, 5.41) is 2.27. The molecule has 53 heavy (non-hydrogen) atoms. The zero-order valence-electron chi connectivity index (χ0n) is 29.2. The molecule has 10 rings (SSSR count). The lowest BCUT2D eigenvalue weighted by atomic mass is 9.95. The Hall–Kier alpha value is -6.90. The van der Waals surface area contributed by atoms with Crippen LogP contribution in [0.25, 0.3) is 72.5 Å². The second-order valence-corrected chi connectivity index (χ2v) is 13.7. The molecule has 1 aromatic heterocycles. The molecule has 2 nitrogen and oxygen atoms in total. The van der Waals surface area contributed by atoms with Crippen LogP contribution in [0.5, 0.6) is 0 Å². The first kappa shape index (κ1) is 30.9. The minimum Gasteiger partial charge on any atom is -0.455 e. The summed E-state index contributed by atoms with van der Waals surface area (Å²) in [6.45, 7) is 3.90. The van der Waals surface area contributed by atoms with Crippen LogP contribution >= 0.6 is 0 Å². The number of nitrogens with zero attached hydrogens (tertiary/aromatic N) is 1. The Morgan fingerprint density at radius 1 is 0.434 bits per heavy atom. The maximum absolute atomic E-state index is 6.39. The predicted molar refractivity (Wildman–Crippen MR) is 223 cm³/mol. The molecule has 0 aliphatic heterocycles. The highest BCUT2D eigenvalue weighted by atomic mass is 16.3. The van der Waals surface area contributed by atoms with E-state index >= 15 is 0 Å². The van der Waals surface area contributed by atoms with Crippen molar-refractivity contribution in [2.75, 3.05) is 4.90 Å². The minimum atomic E-state index is 0.909. The van der Waals surface area contributed by atoms with Crippen LogP contribution in [0.1, 0.15) is 16.7 Å². The van der Waals surface area contributed by atoms with Gasteiger partial charge in [-0.25, -0.2) is 0 Å². The van der Waals surface area contributed by atoms with Gasteiger partial charge in [-0.1, -0.05) is 152 Å². The quantitative estimate of drug-likeness (QED) is 0.167. The summed E-state index contributed by atoms with van der Waals surface area (Å²) in [5.74, 6) is 0. The number of anilines is 3. The van der Waals surface area contributed by atoms with E-state index in [1.54, 1.807) is 0 Å². The van der Waals surface area contributed by atoms with Crippen molar-refractivity contribution in [1.29, 1.82) is 0 Å². The number of benzene rings is 8. The van der Waals surface area contributed by atoms with Gasteiger partial charge in [0.15, 0.2) is 0 Å². The molecule has 8 aromatic carbocycles. The summed E-state index contributed by atoms with van der Waals surface area (Å²) in [6.07, 6.45) is 2.84. The number of para-hydroxylation sites is 2. The van der Waals surface area contributed by atoms with Crippen molar-refractivity contribution in [3.05, 3.63) is 205 Å². The van der Waals surface area contributed by atoms with Crippen molar-refractivity contribution in [3.63, 3.8) is 0 Å². The SMILES string of the molecule is C=Cc1ccc(-c2ccc(N(c3ccc(-c4cccc5c4Cc4ccccc4-5)cc3)c3ccc(-c4cccc5c4oc4ccccc45)cc3)cc2)cc1. The monoisotopic (exact) mass is 677 g/mol. The van der Waals surface area contributed by atoms with Gasteiger partial charge in [0.1, 0.15) is 11.2 Å². The van der Waals surface area contributed by atoms with E-state index in [9.17, 15) is 0 Å². The molecule has 9 aromatic rings. The summed E-state index contributed by atoms with van der Waals surface area (Å²) in [4.78, 5) is 2.34. The number of furan rings is 1. The molecule has 0 fully saturated rings. The van der Waals surface area contributed by atoms with Crippen LogP contribution in [0.2, 0.25) is 0 Å². The first-order chi connectivity index (χ1) is 26.2. The third-order valence-corrected chi connectivity index (χ3v) is 10.7. The van der Waals surface area contributed by atoms with Gasteiger partial charge < -0.3 is 9.32 Å². The molecule has 0 amide bonds. The lowest BCUT2D eigenvalue weighted by Gasteiger charge is -2.26. The number of hydrogen-bond acceptors (Lipinski definition) is 2. The van der Waals surface area contributed by atoms with Crippen LogP contribution in [0, 0.1) is 0 Å². The molecular formula is C51H35NO. The molecule has 0 N–H and O–H groups in total. The first-order valence-electron chi connectivity index (χ1n) is 18.2. The normalized spacial score (nSPS) is 11.8. The summed E-state index contributed by atoms with van der Waals surface area (Å²) in [5.41, 5.74) is 18.8. The van der Waals surface area contributed by atoms with E-state index < -0.39 is 0 Å². The van der Waals surface area contributed by atoms with Gasteiger partial charge in [-0.05, 0) is 105 Å². The highest BCUT2D eigenvalue weighted by Gasteiger charge is 2.22. The molecule has 1 aliphatic rings. The molecule has 1 heterocycles. The van der Waals surface area contributed by atoms with Gasteiger partial charge in [0.25, 0.3) is 0 Å². The largest absolute Gasteiger partial charge is 0.455 e. The van der Waals surface area contributed by atoms with Crippen molar-refractivity contribution in [3.8, 4) is 44.5 Å². The fourth-order valence-corrected chi connectivity index (χ4v) is 8.04. The number of fused-ring (bicyclic) bond motifs is 6. The third kappa shape index (κ3) is 5.35. The molecule has 2 heteroatoms. The summed E-state index contributed by atoms with van der Waals surface area (Å²) >= 11 is 0. The molecule has 0 spiro atoms. The Labute approximate surface area is 309 Å². The third-order valence-electron chi connectivity index (χ3n) is 10.7. The molecule has 0 bridgehead atoms. The molecule has 1 aliphatic carbocycles. The van der Waals surface area contributed by atoms with E-state index in [1.807, 2.05) is 18.2 Å². The van der Waals surface area contributed by atoms with E-state index in [0.29, 0.717) is 0 Å². The lowest BCUT2D eigenvalue weighted by molar-refractivity contribution is 0.670. The Bertz CT molecular complexity index is 2790. The van der Waals surface area contributed by atoms with E-state index in [0.717, 1.165) is 62.1 Å². The van der Waals surface area contributed by atoms with E-state index in [1.165, 1.54) is 44.5 Å². The van der Waals surface area contributed by atoms with Gasteiger partial charge in [-0.15, -0.1) is 0 Å². The van der Waals surface area contributed by atoms with Crippen LogP contribution in [-0.4, -0.2) is 0 Å². The second kappa shape index (κ2) is 12.7. The van der Waals surface area contributed by atoms with Gasteiger partial charge in [0.2, 0.25) is 0 Å². The van der Waals surface area contributed by atoms with Crippen molar-refractivity contribution >= 4 is 45.1 Å². The van der Waals surface area contributed by atoms with Crippen LogP contribution < -0.4 is 4.90 Å². The number of rotatable bonds is 7. The van der Waals surface area contributed by atoms with Crippen molar-refractivity contribution in [2.45, 2.75) is 6.42 Å². The lowest BCUT2D eigenvalue weighted by Crippen LogP contribution is -2.09. The molecular weight excluding hydrogens is 643 g/mol. The van der Waals surface area contributed by atoms with Gasteiger partial charge in [0.05, 0.1) is 0 Å². The smallest absolute Gasteiger partial charge is 0.143 e. The molecule has 250 valence electrons. The highest BCUT2D eigenvalue weighted by molar-refractivity contribution is 6.09. The molecule has 0 saturated carbocycles. The van der Waals surface area contributed by atoms with Gasteiger partial charge in [-0.2, -0.15) is 0 Å². The van der Waals surface area contributed by atoms with E-state index in [2.05, 4.69) is 181 Å². The Morgan fingerprint density at radius 2 is 0.943 bits per heavy atom. The standard InChI is InChI=1S/C51H35NO/c1-2-34-17-19-35(20-18-34)36-21-27-40(28-22-36)52(41-29-23-37(24-30-41)43-12-7-14-46-44-10-4-3-9-39(44)33-49(43)46)42-31-25-38(26-32-42)45-13-8-15-48-47-11-5-6-16-50(47)53-51(45)48/h2-32H,1,33H2. The first-order valence-corrected chi connectivity index (χ1v) is 18.2. The summed E-state index contributed by atoms with van der Waals surface area (Å²) in [7, 11) is 0. The van der Waals surface area contributed by atoms with Crippen LogP contribution in [-0.2, 0) is 6.42 Å². The van der Waals surface area contributed by atoms with Crippen molar-refractivity contribution in [2.24, 2.45) is 0 Å². The summed E-state index contributed by atoms with van der Waals surface area (Å²) < 4.78 is 6.39. The molecule has 0 radical (unpaired) electrons. The number of hydrogen-bond donors (Lipinski definition) is 0. The van der Waals surface area contributed by atoms with Gasteiger partial charge in [0, 0.05) is 33.4 Å². The molecule has 0 saturated heterocycles. The maximum Gasteiger partial charge on any atom is 0.143 e. The fourth-order valence-electron chi connectivity index (χ4n) is 8.04. The second-order valence-electron chi connectivity index (χ2n) is 13.7. The zero-order chi connectivity index (χ0) is 35.3. The molecule has 0 atom stereocenters. The van der Waals surface area contributed by atoms with E-state index in [4.69, 9.17) is 4.42 Å². The van der Waals surface area contributed by atoms with Gasteiger partial charge >= 0.3 is 0 Å².